The molecule has 2 heterocycles. The lowest BCUT2D eigenvalue weighted by Gasteiger charge is -2.22. The second-order valence-corrected chi connectivity index (χ2v) is 5.53. The number of aromatic amines is 1. The molecule has 2 N–H and O–H groups in total. The van der Waals surface area contributed by atoms with E-state index >= 15 is 0 Å². The molecule has 6 nitrogen and oxygen atoms in total. The van der Waals surface area contributed by atoms with E-state index in [2.05, 4.69) is 37.2 Å². The van der Waals surface area contributed by atoms with Gasteiger partial charge in [-0.25, -0.2) is 4.98 Å². The summed E-state index contributed by atoms with van der Waals surface area (Å²) < 4.78 is 0. The first-order valence-electron chi connectivity index (χ1n) is 7.44. The van der Waals surface area contributed by atoms with Crippen LogP contribution in [0.3, 0.4) is 0 Å². The van der Waals surface area contributed by atoms with Gasteiger partial charge in [-0.05, 0) is 25.7 Å². The third kappa shape index (κ3) is 2.55. The number of aromatic nitrogens is 4. The van der Waals surface area contributed by atoms with Crippen LogP contribution in [0.15, 0.2) is 6.33 Å². The van der Waals surface area contributed by atoms with Crippen molar-refractivity contribution in [1.82, 2.24) is 19.9 Å². The predicted octanol–water partition coefficient (Wildman–Crippen LogP) is 2.41. The molecular weight excluding hydrogens is 252 g/mol. The van der Waals surface area contributed by atoms with Crippen LogP contribution in [0.1, 0.15) is 32.6 Å². The van der Waals surface area contributed by atoms with Gasteiger partial charge in [0.1, 0.15) is 5.52 Å². The minimum Gasteiger partial charge on any atom is -0.357 e. The van der Waals surface area contributed by atoms with Gasteiger partial charge in [0.15, 0.2) is 11.5 Å². The lowest BCUT2D eigenvalue weighted by Crippen LogP contribution is -2.25. The molecule has 0 aromatic carbocycles. The van der Waals surface area contributed by atoms with E-state index in [-0.39, 0.29) is 0 Å². The van der Waals surface area contributed by atoms with Crippen molar-refractivity contribution in [3.63, 3.8) is 0 Å². The molecule has 20 heavy (non-hydrogen) atoms. The zero-order valence-corrected chi connectivity index (χ0v) is 12.2. The van der Waals surface area contributed by atoms with Crippen LogP contribution in [-0.4, -0.2) is 40.1 Å². The Labute approximate surface area is 119 Å². The molecule has 1 aliphatic carbocycles. The first-order valence-corrected chi connectivity index (χ1v) is 7.44. The van der Waals surface area contributed by atoms with Crippen molar-refractivity contribution in [3.8, 4) is 0 Å². The zero-order chi connectivity index (χ0) is 13.9. The number of hydrogen-bond donors (Lipinski definition) is 2. The summed E-state index contributed by atoms with van der Waals surface area (Å²) in [4.78, 5) is 18.7. The van der Waals surface area contributed by atoms with Crippen molar-refractivity contribution in [2.45, 2.75) is 32.6 Å². The van der Waals surface area contributed by atoms with Gasteiger partial charge in [0.25, 0.3) is 0 Å². The number of hydrogen-bond acceptors (Lipinski definition) is 5. The summed E-state index contributed by atoms with van der Waals surface area (Å²) in [6.07, 6.45) is 7.08. The Balaban J connectivity index is 1.89. The molecule has 108 valence electrons. The molecule has 1 fully saturated rings. The molecule has 1 saturated carbocycles. The maximum atomic E-state index is 4.64. The highest BCUT2D eigenvalue weighted by molar-refractivity contribution is 5.84. The summed E-state index contributed by atoms with van der Waals surface area (Å²) in [6.45, 7) is 3.90. The molecule has 0 saturated heterocycles. The molecular formula is C14H22N6. The lowest BCUT2D eigenvalue weighted by molar-refractivity contribution is 0.545. The van der Waals surface area contributed by atoms with Gasteiger partial charge in [-0.1, -0.05) is 12.8 Å². The number of fused-ring (bicyclic) bond motifs is 1. The maximum Gasteiger partial charge on any atom is 0.226 e. The molecule has 2 aromatic rings. The van der Waals surface area contributed by atoms with Crippen LogP contribution in [0.5, 0.6) is 0 Å². The third-order valence-corrected chi connectivity index (χ3v) is 3.97. The van der Waals surface area contributed by atoms with Crippen molar-refractivity contribution in [1.29, 1.82) is 0 Å². The third-order valence-electron chi connectivity index (χ3n) is 3.97. The second-order valence-electron chi connectivity index (χ2n) is 5.53. The van der Waals surface area contributed by atoms with Crippen molar-refractivity contribution in [2.24, 2.45) is 5.92 Å². The van der Waals surface area contributed by atoms with E-state index in [9.17, 15) is 0 Å². The summed E-state index contributed by atoms with van der Waals surface area (Å²) in [5, 5.41) is 3.18. The number of H-pyrrole nitrogens is 1. The fourth-order valence-corrected chi connectivity index (χ4v) is 3.00. The van der Waals surface area contributed by atoms with Gasteiger partial charge in [0, 0.05) is 20.1 Å². The number of imidazole rings is 1. The van der Waals surface area contributed by atoms with Crippen LogP contribution in [0.2, 0.25) is 0 Å². The van der Waals surface area contributed by atoms with Crippen LogP contribution in [0, 0.1) is 5.92 Å². The number of nitrogens with one attached hydrogen (secondary N) is 2. The second kappa shape index (κ2) is 5.64. The van der Waals surface area contributed by atoms with Crippen LogP contribution >= 0.6 is 0 Å². The molecule has 3 rings (SSSR count). The molecule has 0 bridgehead atoms. The van der Waals surface area contributed by atoms with Gasteiger partial charge in [-0.2, -0.15) is 9.97 Å². The Hall–Kier alpha value is -1.85. The van der Waals surface area contributed by atoms with Gasteiger partial charge >= 0.3 is 0 Å². The van der Waals surface area contributed by atoms with E-state index in [0.717, 1.165) is 36.0 Å². The van der Waals surface area contributed by atoms with E-state index < -0.39 is 0 Å². The standard InChI is InChI=1S/C14H22N6/c1-3-15-14-18-12-11(16-9-17-12)13(19-14)20(2)8-10-6-4-5-7-10/h9-10H,3-8H2,1-2H3,(H2,15,16,17,18,19). The van der Waals surface area contributed by atoms with E-state index in [1.165, 1.54) is 25.7 Å². The highest BCUT2D eigenvalue weighted by atomic mass is 15.2. The summed E-state index contributed by atoms with van der Waals surface area (Å²) in [7, 11) is 2.11. The topological polar surface area (TPSA) is 69.7 Å². The number of rotatable bonds is 5. The van der Waals surface area contributed by atoms with Crippen molar-refractivity contribution in [3.05, 3.63) is 6.33 Å². The Morgan fingerprint density at radius 3 is 2.90 bits per heavy atom. The maximum absolute atomic E-state index is 4.64. The average molecular weight is 274 g/mol. The fraction of sp³-hybridized carbons (Fsp3) is 0.643. The largest absolute Gasteiger partial charge is 0.357 e. The van der Waals surface area contributed by atoms with Crippen LogP contribution < -0.4 is 10.2 Å². The molecule has 2 aromatic heterocycles. The molecule has 0 spiro atoms. The average Bonchev–Trinajstić information content (AvgIpc) is 3.08. The van der Waals surface area contributed by atoms with Crippen LogP contribution in [0.25, 0.3) is 11.2 Å². The highest BCUT2D eigenvalue weighted by Gasteiger charge is 2.20. The Kier molecular flexibility index (Phi) is 3.71. The summed E-state index contributed by atoms with van der Waals surface area (Å²) in [5.74, 6) is 2.38. The van der Waals surface area contributed by atoms with Gasteiger partial charge in [-0.15, -0.1) is 0 Å². The van der Waals surface area contributed by atoms with E-state index in [1.54, 1.807) is 6.33 Å². The highest BCUT2D eigenvalue weighted by Crippen LogP contribution is 2.28. The monoisotopic (exact) mass is 274 g/mol. The molecule has 0 radical (unpaired) electrons. The van der Waals surface area contributed by atoms with E-state index in [4.69, 9.17) is 0 Å². The molecule has 1 aliphatic rings. The van der Waals surface area contributed by atoms with Crippen molar-refractivity contribution >= 4 is 22.9 Å². The zero-order valence-electron chi connectivity index (χ0n) is 12.2. The SMILES string of the molecule is CCNc1nc(N(C)CC2CCCC2)c2[nH]cnc2n1. The fourth-order valence-electron chi connectivity index (χ4n) is 3.00. The molecule has 0 atom stereocenters. The smallest absolute Gasteiger partial charge is 0.226 e. The minimum absolute atomic E-state index is 0.653. The molecule has 0 aliphatic heterocycles. The molecule has 0 unspecified atom stereocenters. The van der Waals surface area contributed by atoms with Crippen molar-refractivity contribution < 1.29 is 0 Å². The van der Waals surface area contributed by atoms with Crippen LogP contribution in [-0.2, 0) is 0 Å². The molecule has 0 amide bonds. The van der Waals surface area contributed by atoms with Crippen LogP contribution in [0.4, 0.5) is 11.8 Å². The lowest BCUT2D eigenvalue weighted by atomic mass is 10.1. The van der Waals surface area contributed by atoms with Crippen molar-refractivity contribution in [2.75, 3.05) is 30.4 Å². The van der Waals surface area contributed by atoms with E-state index in [1.807, 2.05) is 6.92 Å². The Bertz CT molecular complexity index is 572. The van der Waals surface area contributed by atoms with Gasteiger partial charge in [0.05, 0.1) is 6.33 Å². The predicted molar refractivity (Wildman–Crippen MR) is 81.1 cm³/mol. The van der Waals surface area contributed by atoms with Gasteiger partial charge in [-0.3, -0.25) is 0 Å². The summed E-state index contributed by atoms with van der Waals surface area (Å²) in [5.41, 5.74) is 1.65. The summed E-state index contributed by atoms with van der Waals surface area (Å²) in [6, 6.07) is 0. The summed E-state index contributed by atoms with van der Waals surface area (Å²) >= 11 is 0. The first kappa shape index (κ1) is 13.1. The molecule has 6 heteroatoms. The Morgan fingerprint density at radius 2 is 2.15 bits per heavy atom. The first-order chi connectivity index (χ1) is 9.78. The number of anilines is 2. The number of nitrogens with zero attached hydrogens (tertiary/aromatic N) is 4. The van der Waals surface area contributed by atoms with Gasteiger partial charge < -0.3 is 15.2 Å². The van der Waals surface area contributed by atoms with E-state index in [0.29, 0.717) is 5.95 Å². The normalized spacial score (nSPS) is 15.9. The Morgan fingerprint density at radius 1 is 1.35 bits per heavy atom. The quantitative estimate of drug-likeness (QED) is 0.876. The van der Waals surface area contributed by atoms with Gasteiger partial charge in [0.2, 0.25) is 5.95 Å². The minimum atomic E-state index is 0.653.